The van der Waals surface area contributed by atoms with E-state index in [0.29, 0.717) is 17.8 Å². The Kier molecular flexibility index (Phi) is 5.25. The molecule has 8 heteroatoms. The highest BCUT2D eigenvalue weighted by atomic mass is 79.9. The Morgan fingerprint density at radius 2 is 2.35 bits per heavy atom. The number of halogens is 1. The van der Waals surface area contributed by atoms with Gasteiger partial charge in [0, 0.05) is 13.1 Å². The van der Waals surface area contributed by atoms with E-state index in [4.69, 9.17) is 10.3 Å². The van der Waals surface area contributed by atoms with Gasteiger partial charge in [-0.3, -0.25) is 5.84 Å². The SMILES string of the molecule is CS(=O)(=O)N1CCCC(CC(NN)c2ccc(Br)o2)C1. The number of sulfonamides is 1. The zero-order chi connectivity index (χ0) is 14.8. The Morgan fingerprint density at radius 1 is 1.60 bits per heavy atom. The van der Waals surface area contributed by atoms with Crippen LogP contribution in [0.1, 0.15) is 31.1 Å². The molecule has 1 saturated heterocycles. The smallest absolute Gasteiger partial charge is 0.211 e. The van der Waals surface area contributed by atoms with Crippen LogP contribution in [-0.2, 0) is 10.0 Å². The molecule has 6 nitrogen and oxygen atoms in total. The first-order valence-electron chi connectivity index (χ1n) is 6.56. The van der Waals surface area contributed by atoms with Crippen LogP contribution in [-0.4, -0.2) is 32.1 Å². The molecule has 20 heavy (non-hydrogen) atoms. The van der Waals surface area contributed by atoms with Crippen molar-refractivity contribution in [2.24, 2.45) is 11.8 Å². The van der Waals surface area contributed by atoms with Crippen molar-refractivity contribution >= 4 is 26.0 Å². The molecule has 1 fully saturated rings. The van der Waals surface area contributed by atoms with E-state index < -0.39 is 10.0 Å². The summed E-state index contributed by atoms with van der Waals surface area (Å²) in [5.74, 6) is 6.64. The average molecular weight is 366 g/mol. The van der Waals surface area contributed by atoms with E-state index in [2.05, 4.69) is 21.4 Å². The molecule has 114 valence electrons. The fourth-order valence-corrected chi connectivity index (χ4v) is 3.90. The monoisotopic (exact) mass is 365 g/mol. The summed E-state index contributed by atoms with van der Waals surface area (Å²) in [5.41, 5.74) is 2.75. The van der Waals surface area contributed by atoms with Crippen LogP contribution in [0.15, 0.2) is 21.2 Å². The van der Waals surface area contributed by atoms with E-state index >= 15 is 0 Å². The van der Waals surface area contributed by atoms with Crippen molar-refractivity contribution in [3.63, 3.8) is 0 Å². The van der Waals surface area contributed by atoms with Crippen LogP contribution in [0.4, 0.5) is 0 Å². The van der Waals surface area contributed by atoms with Crippen molar-refractivity contribution in [3.05, 3.63) is 22.6 Å². The number of furan rings is 1. The minimum Gasteiger partial charge on any atom is -0.453 e. The van der Waals surface area contributed by atoms with Gasteiger partial charge in [0.2, 0.25) is 10.0 Å². The molecule has 2 atom stereocenters. The van der Waals surface area contributed by atoms with Crippen LogP contribution < -0.4 is 11.3 Å². The third-order valence-corrected chi connectivity index (χ3v) is 5.35. The number of rotatable bonds is 5. The van der Waals surface area contributed by atoms with E-state index in [-0.39, 0.29) is 12.0 Å². The highest BCUT2D eigenvalue weighted by Gasteiger charge is 2.28. The molecule has 0 saturated carbocycles. The van der Waals surface area contributed by atoms with Crippen molar-refractivity contribution in [3.8, 4) is 0 Å². The zero-order valence-electron chi connectivity index (χ0n) is 11.4. The van der Waals surface area contributed by atoms with E-state index in [1.165, 1.54) is 6.26 Å². The van der Waals surface area contributed by atoms with Gasteiger partial charge in [-0.25, -0.2) is 18.1 Å². The first-order chi connectivity index (χ1) is 9.40. The maximum atomic E-state index is 11.6. The fourth-order valence-electron chi connectivity index (χ4n) is 2.64. The van der Waals surface area contributed by atoms with Crippen molar-refractivity contribution in [1.82, 2.24) is 9.73 Å². The number of hydrogen-bond acceptors (Lipinski definition) is 5. The summed E-state index contributed by atoms with van der Waals surface area (Å²) in [4.78, 5) is 0. The summed E-state index contributed by atoms with van der Waals surface area (Å²) >= 11 is 3.27. The van der Waals surface area contributed by atoms with Crippen LogP contribution in [0.5, 0.6) is 0 Å². The van der Waals surface area contributed by atoms with Gasteiger partial charge in [0.1, 0.15) is 5.76 Å². The molecule has 1 aromatic heterocycles. The van der Waals surface area contributed by atoms with Gasteiger partial charge < -0.3 is 4.42 Å². The molecule has 0 aliphatic carbocycles. The van der Waals surface area contributed by atoms with Crippen LogP contribution >= 0.6 is 15.9 Å². The van der Waals surface area contributed by atoms with Gasteiger partial charge in [-0.15, -0.1) is 0 Å². The molecular formula is C12H20BrN3O3S. The van der Waals surface area contributed by atoms with Gasteiger partial charge in [0.05, 0.1) is 12.3 Å². The van der Waals surface area contributed by atoms with Crippen molar-refractivity contribution in [2.45, 2.75) is 25.3 Å². The predicted octanol–water partition coefficient (Wildman–Crippen LogP) is 1.61. The number of hydrazine groups is 1. The number of piperidine rings is 1. The number of nitrogens with one attached hydrogen (secondary N) is 1. The average Bonchev–Trinajstić information content (AvgIpc) is 2.82. The Hall–Kier alpha value is -0.410. The normalized spacial score (nSPS) is 22.9. The van der Waals surface area contributed by atoms with Crippen LogP contribution in [0, 0.1) is 5.92 Å². The largest absolute Gasteiger partial charge is 0.453 e. The van der Waals surface area contributed by atoms with Crippen molar-refractivity contribution < 1.29 is 12.8 Å². The Bertz CT molecular complexity index is 546. The lowest BCUT2D eigenvalue weighted by Crippen LogP contribution is -2.41. The summed E-state index contributed by atoms with van der Waals surface area (Å²) < 4.78 is 31.0. The Morgan fingerprint density at radius 3 is 2.90 bits per heavy atom. The van der Waals surface area contributed by atoms with Gasteiger partial charge in [0.25, 0.3) is 0 Å². The van der Waals surface area contributed by atoms with E-state index in [1.54, 1.807) is 4.31 Å². The maximum Gasteiger partial charge on any atom is 0.211 e. The molecule has 0 amide bonds. The van der Waals surface area contributed by atoms with E-state index in [0.717, 1.165) is 25.0 Å². The molecule has 1 aliphatic rings. The molecule has 1 aromatic rings. The summed E-state index contributed by atoms with van der Waals surface area (Å²) in [6.07, 6.45) is 3.91. The minimum atomic E-state index is -3.11. The van der Waals surface area contributed by atoms with E-state index in [1.807, 2.05) is 12.1 Å². The fraction of sp³-hybridized carbons (Fsp3) is 0.667. The second kappa shape index (κ2) is 6.57. The van der Waals surface area contributed by atoms with E-state index in [9.17, 15) is 8.42 Å². The Balaban J connectivity index is 2.01. The predicted molar refractivity (Wildman–Crippen MR) is 80.2 cm³/mol. The van der Waals surface area contributed by atoms with Gasteiger partial charge >= 0.3 is 0 Å². The standard InChI is InChI=1S/C12H20BrN3O3S/c1-20(17,18)16-6-2-3-9(8-16)7-10(15-14)11-4-5-12(13)19-11/h4-5,9-10,15H,2-3,6-8,14H2,1H3. The lowest BCUT2D eigenvalue weighted by molar-refractivity contribution is 0.229. The lowest BCUT2D eigenvalue weighted by atomic mass is 9.92. The van der Waals surface area contributed by atoms with Gasteiger partial charge in [-0.1, -0.05) is 0 Å². The summed E-state index contributed by atoms with van der Waals surface area (Å²) in [5, 5.41) is 0. The quantitative estimate of drug-likeness (QED) is 0.611. The molecule has 2 rings (SSSR count). The molecule has 3 N–H and O–H groups in total. The highest BCUT2D eigenvalue weighted by molar-refractivity contribution is 9.10. The number of nitrogens with zero attached hydrogens (tertiary/aromatic N) is 1. The molecule has 2 unspecified atom stereocenters. The van der Waals surface area contributed by atoms with Crippen molar-refractivity contribution in [2.75, 3.05) is 19.3 Å². The number of nitrogens with two attached hydrogens (primary N) is 1. The topological polar surface area (TPSA) is 88.6 Å². The summed E-state index contributed by atoms with van der Waals surface area (Å²) in [6.45, 7) is 1.17. The van der Waals surface area contributed by atoms with Crippen LogP contribution in [0.2, 0.25) is 0 Å². The Labute approximate surface area is 127 Å². The van der Waals surface area contributed by atoms with Crippen molar-refractivity contribution in [1.29, 1.82) is 0 Å². The highest BCUT2D eigenvalue weighted by Crippen LogP contribution is 2.29. The second-order valence-electron chi connectivity index (χ2n) is 5.23. The molecule has 0 aromatic carbocycles. The maximum absolute atomic E-state index is 11.6. The molecule has 1 aliphatic heterocycles. The van der Waals surface area contributed by atoms with Crippen LogP contribution in [0.3, 0.4) is 0 Å². The van der Waals surface area contributed by atoms with Gasteiger partial charge in [-0.2, -0.15) is 0 Å². The van der Waals surface area contributed by atoms with Crippen LogP contribution in [0.25, 0.3) is 0 Å². The second-order valence-corrected chi connectivity index (χ2v) is 7.99. The summed E-state index contributed by atoms with van der Waals surface area (Å²) in [7, 11) is -3.11. The third-order valence-electron chi connectivity index (χ3n) is 3.66. The lowest BCUT2D eigenvalue weighted by Gasteiger charge is -2.32. The van der Waals surface area contributed by atoms with Gasteiger partial charge in [0.15, 0.2) is 4.67 Å². The molecule has 0 radical (unpaired) electrons. The molecule has 0 bridgehead atoms. The molecule has 2 heterocycles. The minimum absolute atomic E-state index is 0.106. The van der Waals surface area contributed by atoms with Gasteiger partial charge in [-0.05, 0) is 53.2 Å². The zero-order valence-corrected chi connectivity index (χ0v) is 13.8. The summed E-state index contributed by atoms with van der Waals surface area (Å²) in [6, 6.07) is 3.58. The first-order valence-corrected chi connectivity index (χ1v) is 9.20. The first kappa shape index (κ1) is 16.0. The molecule has 0 spiro atoms. The molecular weight excluding hydrogens is 346 g/mol. The number of hydrogen-bond donors (Lipinski definition) is 2. The third kappa shape index (κ3) is 4.05.